The van der Waals surface area contributed by atoms with Gasteiger partial charge in [0.25, 0.3) is 0 Å². The van der Waals surface area contributed by atoms with Crippen LogP contribution in [0, 0.1) is 0 Å². The SMILES string of the molecule is COc1cc(CNC(C)c2nc(Cc3ccccc3)no2)ccc1OC(C)C. The second kappa shape index (κ2) is 9.37. The molecule has 0 amide bonds. The van der Waals surface area contributed by atoms with E-state index in [9.17, 15) is 0 Å². The Hall–Kier alpha value is -2.86. The predicted molar refractivity (Wildman–Crippen MR) is 108 cm³/mol. The fourth-order valence-electron chi connectivity index (χ4n) is 2.83. The standard InChI is InChI=1S/C22H27N3O3/c1-15(2)27-19-11-10-18(12-20(19)26-4)14-23-16(3)22-24-21(25-28-22)13-17-8-6-5-7-9-17/h5-12,15-16,23H,13-14H2,1-4H3. The van der Waals surface area contributed by atoms with E-state index in [1.807, 2.05) is 57.2 Å². The van der Waals surface area contributed by atoms with Gasteiger partial charge in [0.2, 0.25) is 5.89 Å². The summed E-state index contributed by atoms with van der Waals surface area (Å²) in [5, 5.41) is 7.50. The van der Waals surface area contributed by atoms with Gasteiger partial charge >= 0.3 is 0 Å². The number of hydrogen-bond donors (Lipinski definition) is 1. The van der Waals surface area contributed by atoms with Crippen molar-refractivity contribution in [3.05, 3.63) is 71.4 Å². The van der Waals surface area contributed by atoms with Crippen LogP contribution in [0.2, 0.25) is 0 Å². The first-order valence-electron chi connectivity index (χ1n) is 9.48. The first-order valence-corrected chi connectivity index (χ1v) is 9.48. The van der Waals surface area contributed by atoms with Crippen molar-refractivity contribution < 1.29 is 14.0 Å². The van der Waals surface area contributed by atoms with Gasteiger partial charge in [-0.3, -0.25) is 0 Å². The Balaban J connectivity index is 1.59. The van der Waals surface area contributed by atoms with Crippen molar-refractivity contribution in [3.63, 3.8) is 0 Å². The summed E-state index contributed by atoms with van der Waals surface area (Å²) >= 11 is 0. The van der Waals surface area contributed by atoms with Crippen LogP contribution in [-0.4, -0.2) is 23.4 Å². The second-order valence-corrected chi connectivity index (χ2v) is 6.97. The molecule has 0 radical (unpaired) electrons. The third-order valence-electron chi connectivity index (χ3n) is 4.26. The molecule has 1 aromatic heterocycles. The first-order chi connectivity index (χ1) is 13.5. The van der Waals surface area contributed by atoms with Crippen molar-refractivity contribution in [2.45, 2.75) is 45.9 Å². The molecule has 0 aliphatic carbocycles. The van der Waals surface area contributed by atoms with Crippen LogP contribution in [0.5, 0.6) is 11.5 Å². The number of aromatic nitrogens is 2. The van der Waals surface area contributed by atoms with Gasteiger partial charge in [-0.1, -0.05) is 41.6 Å². The van der Waals surface area contributed by atoms with Crippen molar-refractivity contribution in [2.24, 2.45) is 0 Å². The van der Waals surface area contributed by atoms with E-state index in [0.717, 1.165) is 22.6 Å². The van der Waals surface area contributed by atoms with Gasteiger partial charge in [0.05, 0.1) is 19.3 Å². The van der Waals surface area contributed by atoms with E-state index >= 15 is 0 Å². The molecule has 0 fully saturated rings. The minimum Gasteiger partial charge on any atom is -0.493 e. The number of ether oxygens (including phenoxy) is 2. The van der Waals surface area contributed by atoms with Crippen LogP contribution in [0.15, 0.2) is 53.1 Å². The highest BCUT2D eigenvalue weighted by molar-refractivity contribution is 5.43. The van der Waals surface area contributed by atoms with Gasteiger partial charge in [0.15, 0.2) is 17.3 Å². The third kappa shape index (κ3) is 5.33. The lowest BCUT2D eigenvalue weighted by molar-refractivity contribution is 0.230. The molecule has 3 rings (SSSR count). The topological polar surface area (TPSA) is 69.4 Å². The molecule has 0 aliphatic heterocycles. The van der Waals surface area contributed by atoms with E-state index < -0.39 is 0 Å². The van der Waals surface area contributed by atoms with Crippen molar-refractivity contribution in [2.75, 3.05) is 7.11 Å². The number of rotatable bonds is 9. The molecule has 0 aliphatic rings. The van der Waals surface area contributed by atoms with Gasteiger partial charge in [0, 0.05) is 13.0 Å². The Morgan fingerprint density at radius 3 is 2.50 bits per heavy atom. The van der Waals surface area contributed by atoms with Crippen LogP contribution in [0.4, 0.5) is 0 Å². The zero-order valence-corrected chi connectivity index (χ0v) is 16.8. The molecular formula is C22H27N3O3. The second-order valence-electron chi connectivity index (χ2n) is 6.97. The fraction of sp³-hybridized carbons (Fsp3) is 0.364. The fourth-order valence-corrected chi connectivity index (χ4v) is 2.83. The van der Waals surface area contributed by atoms with Crippen molar-refractivity contribution in [3.8, 4) is 11.5 Å². The molecule has 0 bridgehead atoms. The molecule has 0 spiro atoms. The zero-order chi connectivity index (χ0) is 19.9. The van der Waals surface area contributed by atoms with Crippen LogP contribution in [0.25, 0.3) is 0 Å². The van der Waals surface area contributed by atoms with E-state index in [-0.39, 0.29) is 12.1 Å². The minimum absolute atomic E-state index is 0.0605. The summed E-state index contributed by atoms with van der Waals surface area (Å²) in [5.41, 5.74) is 2.25. The molecule has 3 aromatic rings. The minimum atomic E-state index is -0.0605. The third-order valence-corrected chi connectivity index (χ3v) is 4.26. The van der Waals surface area contributed by atoms with Crippen LogP contribution >= 0.6 is 0 Å². The van der Waals surface area contributed by atoms with Crippen molar-refractivity contribution >= 4 is 0 Å². The molecule has 1 N–H and O–H groups in total. The maximum Gasteiger partial charge on any atom is 0.243 e. The normalized spacial score (nSPS) is 12.2. The zero-order valence-electron chi connectivity index (χ0n) is 16.8. The summed E-state index contributed by atoms with van der Waals surface area (Å²) in [6.45, 7) is 6.64. The summed E-state index contributed by atoms with van der Waals surface area (Å²) in [6, 6.07) is 16.0. The molecule has 28 heavy (non-hydrogen) atoms. The highest BCUT2D eigenvalue weighted by Gasteiger charge is 2.15. The average Bonchev–Trinajstić information content (AvgIpc) is 3.16. The van der Waals surface area contributed by atoms with Crippen LogP contribution in [-0.2, 0) is 13.0 Å². The first kappa shape index (κ1) is 19.9. The molecule has 1 unspecified atom stereocenters. The largest absolute Gasteiger partial charge is 0.493 e. The van der Waals surface area contributed by atoms with Gasteiger partial charge in [-0.2, -0.15) is 4.98 Å². The van der Waals surface area contributed by atoms with Gasteiger partial charge < -0.3 is 19.3 Å². The Morgan fingerprint density at radius 1 is 1.00 bits per heavy atom. The summed E-state index contributed by atoms with van der Waals surface area (Å²) in [4.78, 5) is 4.51. The highest BCUT2D eigenvalue weighted by Crippen LogP contribution is 2.29. The van der Waals surface area contributed by atoms with Gasteiger partial charge in [0.1, 0.15) is 0 Å². The lowest BCUT2D eigenvalue weighted by Crippen LogP contribution is -2.18. The Kier molecular flexibility index (Phi) is 6.66. The number of nitrogens with zero attached hydrogens (tertiary/aromatic N) is 2. The maximum atomic E-state index is 5.76. The molecule has 2 aromatic carbocycles. The van der Waals surface area contributed by atoms with Crippen LogP contribution in [0.3, 0.4) is 0 Å². The molecule has 6 nitrogen and oxygen atoms in total. The van der Waals surface area contributed by atoms with Crippen molar-refractivity contribution in [1.82, 2.24) is 15.5 Å². The number of benzene rings is 2. The summed E-state index contributed by atoms with van der Waals surface area (Å²) < 4.78 is 16.6. The monoisotopic (exact) mass is 381 g/mol. The number of nitrogens with one attached hydrogen (secondary N) is 1. The lowest BCUT2D eigenvalue weighted by Gasteiger charge is -2.15. The lowest BCUT2D eigenvalue weighted by atomic mass is 10.1. The quantitative estimate of drug-likeness (QED) is 0.596. The average molecular weight is 381 g/mol. The van der Waals surface area contributed by atoms with Gasteiger partial charge in [-0.05, 0) is 44.0 Å². The van der Waals surface area contributed by atoms with Crippen LogP contribution < -0.4 is 14.8 Å². The van der Waals surface area contributed by atoms with E-state index in [1.54, 1.807) is 7.11 Å². The Labute approximate surface area is 165 Å². The van der Waals surface area contributed by atoms with E-state index in [0.29, 0.717) is 24.7 Å². The molecule has 6 heteroatoms. The molecule has 1 atom stereocenters. The van der Waals surface area contributed by atoms with Gasteiger partial charge in [-0.15, -0.1) is 0 Å². The molecule has 0 saturated heterocycles. The number of hydrogen-bond acceptors (Lipinski definition) is 6. The van der Waals surface area contributed by atoms with Crippen LogP contribution in [0.1, 0.15) is 49.7 Å². The van der Waals surface area contributed by atoms with Crippen molar-refractivity contribution in [1.29, 1.82) is 0 Å². The molecule has 0 saturated carbocycles. The smallest absolute Gasteiger partial charge is 0.243 e. The maximum absolute atomic E-state index is 5.76. The molecular weight excluding hydrogens is 354 g/mol. The molecule has 148 valence electrons. The number of methoxy groups -OCH3 is 1. The van der Waals surface area contributed by atoms with E-state index in [4.69, 9.17) is 14.0 Å². The summed E-state index contributed by atoms with van der Waals surface area (Å²) in [5.74, 6) is 2.74. The Bertz CT molecular complexity index is 878. The predicted octanol–water partition coefficient (Wildman–Crippen LogP) is 4.31. The summed E-state index contributed by atoms with van der Waals surface area (Å²) in [6.07, 6.45) is 0.756. The molecule has 1 heterocycles. The van der Waals surface area contributed by atoms with E-state index in [2.05, 4.69) is 27.6 Å². The van der Waals surface area contributed by atoms with E-state index in [1.165, 1.54) is 0 Å². The highest BCUT2D eigenvalue weighted by atomic mass is 16.5. The Morgan fingerprint density at radius 2 is 1.79 bits per heavy atom. The van der Waals surface area contributed by atoms with Gasteiger partial charge in [-0.25, -0.2) is 0 Å². The summed E-state index contributed by atoms with van der Waals surface area (Å²) in [7, 11) is 1.65.